The van der Waals surface area contributed by atoms with Crippen LogP contribution in [0.25, 0.3) is 0 Å². The second kappa shape index (κ2) is 6.04. The Bertz CT molecular complexity index is 626. The molecule has 2 aromatic rings. The largest absolute Gasteiger partial charge is 0.496 e. The Kier molecular flexibility index (Phi) is 4.58. The molecular weight excluding hydrogens is 299 g/mol. The van der Waals surface area contributed by atoms with Gasteiger partial charge in [0.2, 0.25) is 0 Å². The number of rotatable bonds is 4. The number of nitrogens with zero attached hydrogens (tertiary/aromatic N) is 2. The minimum absolute atomic E-state index is 0.356. The molecule has 0 bridgehead atoms. The average molecular weight is 315 g/mol. The number of methoxy groups -OCH3 is 1. The van der Waals surface area contributed by atoms with E-state index in [-0.39, 0.29) is 0 Å². The van der Waals surface area contributed by atoms with E-state index in [0.717, 1.165) is 11.3 Å². The highest BCUT2D eigenvalue weighted by molar-refractivity contribution is 6.30. The molecule has 0 spiro atoms. The maximum atomic E-state index is 10.4. The first-order valence-electron chi connectivity index (χ1n) is 6.13. The van der Waals surface area contributed by atoms with Gasteiger partial charge in [-0.1, -0.05) is 23.2 Å². The number of hydrogen-bond donors (Lipinski definition) is 1. The smallest absolute Gasteiger partial charge is 0.130 e. The summed E-state index contributed by atoms with van der Waals surface area (Å²) in [6.45, 7) is 1.86. The molecule has 0 saturated carbocycles. The van der Waals surface area contributed by atoms with Crippen molar-refractivity contribution in [3.63, 3.8) is 0 Å². The normalized spacial score (nSPS) is 12.5. The predicted octanol–water partition coefficient (Wildman–Crippen LogP) is 3.32. The van der Waals surface area contributed by atoms with Crippen LogP contribution in [0.15, 0.2) is 18.2 Å². The Balaban J connectivity index is 2.32. The lowest BCUT2D eigenvalue weighted by atomic mass is 10.0. The zero-order valence-electron chi connectivity index (χ0n) is 11.5. The zero-order valence-corrected chi connectivity index (χ0v) is 13.0. The number of aliphatic hydroxyl groups is 1. The van der Waals surface area contributed by atoms with Crippen molar-refractivity contribution in [2.75, 3.05) is 7.11 Å². The summed E-state index contributed by atoms with van der Waals surface area (Å²) in [5.74, 6) is 0.597. The van der Waals surface area contributed by atoms with Gasteiger partial charge in [-0.3, -0.25) is 4.68 Å². The van der Waals surface area contributed by atoms with Crippen LogP contribution in [-0.2, 0) is 13.5 Å². The molecule has 6 heteroatoms. The Hall–Kier alpha value is -1.23. The molecule has 4 nitrogen and oxygen atoms in total. The predicted molar refractivity (Wildman–Crippen MR) is 79.6 cm³/mol. The SMILES string of the molecule is COc1ccc(Cl)cc1C(O)Cc1c(C)nn(C)c1Cl. The molecule has 0 amide bonds. The number of hydrogen-bond acceptors (Lipinski definition) is 3. The third-order valence-corrected chi connectivity index (χ3v) is 3.93. The standard InChI is InChI=1S/C14H16Cl2N2O2/c1-8-10(14(16)18(2)17-8)7-12(19)11-6-9(15)4-5-13(11)20-3/h4-6,12,19H,7H2,1-3H3. The fourth-order valence-corrected chi connectivity index (χ4v) is 2.61. The lowest BCUT2D eigenvalue weighted by molar-refractivity contribution is 0.174. The van der Waals surface area contributed by atoms with Gasteiger partial charge in [0, 0.05) is 29.6 Å². The lowest BCUT2D eigenvalue weighted by Crippen LogP contribution is -2.05. The summed E-state index contributed by atoms with van der Waals surface area (Å²) in [6, 6.07) is 5.15. The topological polar surface area (TPSA) is 47.3 Å². The zero-order chi connectivity index (χ0) is 14.9. The number of aryl methyl sites for hydroxylation is 2. The molecule has 0 aliphatic rings. The van der Waals surface area contributed by atoms with Crippen molar-refractivity contribution in [3.8, 4) is 5.75 Å². The molecule has 1 aromatic carbocycles. The van der Waals surface area contributed by atoms with Crippen LogP contribution in [0.1, 0.15) is 22.9 Å². The summed E-state index contributed by atoms with van der Waals surface area (Å²) in [7, 11) is 3.33. The molecule has 0 fully saturated rings. The summed E-state index contributed by atoms with van der Waals surface area (Å²) < 4.78 is 6.84. The van der Waals surface area contributed by atoms with Gasteiger partial charge in [-0.25, -0.2) is 0 Å². The summed E-state index contributed by atoms with van der Waals surface area (Å²) in [4.78, 5) is 0. The van der Waals surface area contributed by atoms with E-state index in [2.05, 4.69) is 5.10 Å². The maximum absolute atomic E-state index is 10.4. The maximum Gasteiger partial charge on any atom is 0.130 e. The minimum Gasteiger partial charge on any atom is -0.496 e. The van der Waals surface area contributed by atoms with Crippen molar-refractivity contribution in [3.05, 3.63) is 45.2 Å². The van der Waals surface area contributed by atoms with Crippen LogP contribution in [0.4, 0.5) is 0 Å². The Morgan fingerprint density at radius 2 is 2.10 bits per heavy atom. The third kappa shape index (κ3) is 2.92. The van der Waals surface area contributed by atoms with Crippen molar-refractivity contribution in [1.29, 1.82) is 0 Å². The molecule has 1 N–H and O–H groups in total. The molecule has 1 heterocycles. The molecule has 108 valence electrons. The quantitative estimate of drug-likeness (QED) is 0.941. The van der Waals surface area contributed by atoms with Crippen LogP contribution in [0, 0.1) is 6.92 Å². The van der Waals surface area contributed by atoms with Crippen molar-refractivity contribution < 1.29 is 9.84 Å². The fourth-order valence-electron chi connectivity index (χ4n) is 2.17. The molecular formula is C14H16Cl2N2O2. The molecule has 1 atom stereocenters. The van der Waals surface area contributed by atoms with E-state index in [0.29, 0.717) is 27.9 Å². The number of aromatic nitrogens is 2. The van der Waals surface area contributed by atoms with Gasteiger partial charge in [-0.2, -0.15) is 5.10 Å². The van der Waals surface area contributed by atoms with Gasteiger partial charge in [0.05, 0.1) is 18.9 Å². The third-order valence-electron chi connectivity index (χ3n) is 3.22. The van der Waals surface area contributed by atoms with Gasteiger partial charge in [0.25, 0.3) is 0 Å². The second-order valence-corrected chi connectivity index (χ2v) is 5.38. The highest BCUT2D eigenvalue weighted by Crippen LogP contribution is 2.32. The summed E-state index contributed by atoms with van der Waals surface area (Å²) in [5.41, 5.74) is 2.26. The molecule has 1 unspecified atom stereocenters. The van der Waals surface area contributed by atoms with E-state index in [1.807, 2.05) is 6.92 Å². The summed E-state index contributed by atoms with van der Waals surface area (Å²) >= 11 is 12.2. The molecule has 0 radical (unpaired) electrons. The van der Waals surface area contributed by atoms with E-state index in [4.69, 9.17) is 27.9 Å². The van der Waals surface area contributed by atoms with E-state index in [1.54, 1.807) is 37.0 Å². The van der Waals surface area contributed by atoms with Gasteiger partial charge in [0.1, 0.15) is 10.9 Å². The molecule has 20 heavy (non-hydrogen) atoms. The Morgan fingerprint density at radius 1 is 1.40 bits per heavy atom. The molecule has 2 rings (SSSR count). The Morgan fingerprint density at radius 3 is 2.65 bits per heavy atom. The van der Waals surface area contributed by atoms with Crippen LogP contribution >= 0.6 is 23.2 Å². The minimum atomic E-state index is -0.760. The first-order valence-corrected chi connectivity index (χ1v) is 6.89. The van der Waals surface area contributed by atoms with Gasteiger partial charge < -0.3 is 9.84 Å². The molecule has 0 aliphatic carbocycles. The molecule has 1 aromatic heterocycles. The van der Waals surface area contributed by atoms with Crippen molar-refractivity contribution in [2.45, 2.75) is 19.4 Å². The van der Waals surface area contributed by atoms with Crippen LogP contribution in [-0.4, -0.2) is 22.0 Å². The lowest BCUT2D eigenvalue weighted by Gasteiger charge is -2.15. The second-order valence-electron chi connectivity index (χ2n) is 4.58. The van der Waals surface area contributed by atoms with E-state index in [1.165, 1.54) is 0 Å². The van der Waals surface area contributed by atoms with Crippen LogP contribution in [0.2, 0.25) is 10.2 Å². The van der Waals surface area contributed by atoms with Crippen LogP contribution < -0.4 is 4.74 Å². The van der Waals surface area contributed by atoms with Crippen molar-refractivity contribution in [2.24, 2.45) is 7.05 Å². The first-order chi connectivity index (χ1) is 9.43. The Labute approximate surface area is 127 Å². The van der Waals surface area contributed by atoms with E-state index < -0.39 is 6.10 Å². The van der Waals surface area contributed by atoms with Gasteiger partial charge in [-0.15, -0.1) is 0 Å². The van der Waals surface area contributed by atoms with Crippen molar-refractivity contribution >= 4 is 23.2 Å². The highest BCUT2D eigenvalue weighted by atomic mass is 35.5. The van der Waals surface area contributed by atoms with Gasteiger partial charge >= 0.3 is 0 Å². The monoisotopic (exact) mass is 314 g/mol. The summed E-state index contributed by atoms with van der Waals surface area (Å²) in [6.07, 6.45) is -0.404. The number of halogens is 2. The highest BCUT2D eigenvalue weighted by Gasteiger charge is 2.19. The van der Waals surface area contributed by atoms with E-state index in [9.17, 15) is 5.11 Å². The number of ether oxygens (including phenoxy) is 1. The van der Waals surface area contributed by atoms with Crippen molar-refractivity contribution in [1.82, 2.24) is 9.78 Å². The van der Waals surface area contributed by atoms with Gasteiger partial charge in [0.15, 0.2) is 0 Å². The first kappa shape index (κ1) is 15.2. The number of benzene rings is 1. The van der Waals surface area contributed by atoms with E-state index >= 15 is 0 Å². The molecule has 0 saturated heterocycles. The van der Waals surface area contributed by atoms with Gasteiger partial charge in [-0.05, 0) is 25.1 Å². The fraction of sp³-hybridized carbons (Fsp3) is 0.357. The van der Waals surface area contributed by atoms with Crippen LogP contribution in [0.3, 0.4) is 0 Å². The molecule has 0 aliphatic heterocycles. The average Bonchev–Trinajstić information content (AvgIpc) is 2.65. The summed E-state index contributed by atoms with van der Waals surface area (Å²) in [5, 5.41) is 15.7. The number of aliphatic hydroxyl groups excluding tert-OH is 1. The van der Waals surface area contributed by atoms with Crippen LogP contribution in [0.5, 0.6) is 5.75 Å².